The molecule has 0 aliphatic heterocycles. The maximum Gasteiger partial charge on any atom is 0.338 e. The van der Waals surface area contributed by atoms with Crippen molar-refractivity contribution in [2.45, 2.75) is 0 Å². The number of rotatable bonds is 5. The molecule has 2 aromatic heterocycles. The fraction of sp³-hybridized carbons (Fsp3) is 0.0588. The molecular weight excluding hydrogens is 442 g/mol. The number of nitrogens with zero attached hydrogens (tertiary/aromatic N) is 2. The summed E-state index contributed by atoms with van der Waals surface area (Å²) in [6.45, 7) is -0.425. The third-order valence-corrected chi connectivity index (χ3v) is 4.68. The summed E-state index contributed by atoms with van der Waals surface area (Å²) in [7, 11) is 0. The zero-order valence-electron chi connectivity index (χ0n) is 13.1. The maximum absolute atomic E-state index is 11.9. The molecule has 3 aromatic rings. The molecule has 0 aliphatic rings. The zero-order chi connectivity index (χ0) is 18.5. The van der Waals surface area contributed by atoms with Crippen molar-refractivity contribution in [2.75, 3.05) is 11.9 Å². The second-order valence-corrected chi connectivity index (χ2v) is 7.20. The van der Waals surface area contributed by atoms with Crippen molar-refractivity contribution in [1.82, 2.24) is 9.97 Å². The summed E-state index contributed by atoms with van der Waals surface area (Å²) in [5, 5.41) is 5.04. The number of hydrogen-bond acceptors (Lipinski definition) is 6. The van der Waals surface area contributed by atoms with Crippen LogP contribution < -0.4 is 5.32 Å². The van der Waals surface area contributed by atoms with Gasteiger partial charge in [-0.05, 0) is 24.3 Å². The molecule has 0 aliphatic carbocycles. The second kappa shape index (κ2) is 8.39. The van der Waals surface area contributed by atoms with Gasteiger partial charge in [0, 0.05) is 21.6 Å². The fourth-order valence-corrected chi connectivity index (χ4v) is 3.16. The lowest BCUT2D eigenvalue weighted by molar-refractivity contribution is -0.119. The number of carbonyl (C=O) groups is 2. The van der Waals surface area contributed by atoms with Gasteiger partial charge in [-0.25, -0.2) is 14.8 Å². The average molecular weight is 453 g/mol. The van der Waals surface area contributed by atoms with Crippen LogP contribution in [0.1, 0.15) is 10.4 Å². The summed E-state index contributed by atoms with van der Waals surface area (Å²) in [5.41, 5.74) is 1.91. The second-order valence-electron chi connectivity index (χ2n) is 5.04. The van der Waals surface area contributed by atoms with E-state index in [-0.39, 0.29) is 10.7 Å². The van der Waals surface area contributed by atoms with Crippen LogP contribution in [0.25, 0.3) is 11.3 Å². The highest BCUT2D eigenvalue weighted by molar-refractivity contribution is 9.10. The molecule has 0 unspecified atom stereocenters. The van der Waals surface area contributed by atoms with Gasteiger partial charge in [0.05, 0.1) is 11.3 Å². The number of amides is 1. The van der Waals surface area contributed by atoms with E-state index in [1.54, 1.807) is 0 Å². The highest BCUT2D eigenvalue weighted by Crippen LogP contribution is 2.26. The lowest BCUT2D eigenvalue weighted by atomic mass is 10.2. The Kier molecular flexibility index (Phi) is 5.97. The number of nitrogens with one attached hydrogen (secondary N) is 1. The number of anilines is 1. The Labute approximate surface area is 166 Å². The van der Waals surface area contributed by atoms with Crippen molar-refractivity contribution < 1.29 is 14.3 Å². The monoisotopic (exact) mass is 451 g/mol. The lowest BCUT2D eigenvalue weighted by Gasteiger charge is -2.04. The Morgan fingerprint density at radius 3 is 2.73 bits per heavy atom. The van der Waals surface area contributed by atoms with Crippen LogP contribution in [0.3, 0.4) is 0 Å². The summed E-state index contributed by atoms with van der Waals surface area (Å²) in [6.07, 6.45) is 1.39. The fourth-order valence-electron chi connectivity index (χ4n) is 1.98. The first-order chi connectivity index (χ1) is 12.5. The standard InChI is InChI=1S/C17H11BrClN3O3S/c18-12-3-1-10(2-4-12)13-9-26-17(21-13)22-15(23)8-25-16(24)11-5-6-20-14(19)7-11/h1-7,9H,8H2,(H,21,22,23). The van der Waals surface area contributed by atoms with Gasteiger partial charge in [0.25, 0.3) is 5.91 Å². The van der Waals surface area contributed by atoms with Crippen LogP contribution in [0.2, 0.25) is 5.15 Å². The first kappa shape index (κ1) is 18.5. The zero-order valence-corrected chi connectivity index (χ0v) is 16.3. The number of carbonyl (C=O) groups excluding carboxylic acids is 2. The van der Waals surface area contributed by atoms with E-state index in [9.17, 15) is 9.59 Å². The number of aromatic nitrogens is 2. The summed E-state index contributed by atoms with van der Waals surface area (Å²) < 4.78 is 5.93. The van der Waals surface area contributed by atoms with Gasteiger partial charge in [-0.15, -0.1) is 11.3 Å². The Morgan fingerprint density at radius 1 is 1.23 bits per heavy atom. The van der Waals surface area contributed by atoms with Crippen LogP contribution in [-0.2, 0) is 9.53 Å². The summed E-state index contributed by atoms with van der Waals surface area (Å²) in [4.78, 5) is 31.9. The molecule has 0 atom stereocenters. The van der Waals surface area contributed by atoms with Crippen LogP contribution in [0.5, 0.6) is 0 Å². The van der Waals surface area contributed by atoms with E-state index in [0.717, 1.165) is 15.7 Å². The number of pyridine rings is 1. The van der Waals surface area contributed by atoms with Gasteiger partial charge >= 0.3 is 5.97 Å². The van der Waals surface area contributed by atoms with Crippen molar-refractivity contribution in [2.24, 2.45) is 0 Å². The minimum Gasteiger partial charge on any atom is -0.452 e. The Hall–Kier alpha value is -2.29. The van der Waals surface area contributed by atoms with Gasteiger partial charge in [-0.1, -0.05) is 39.7 Å². The Bertz CT molecular complexity index is 946. The Morgan fingerprint density at radius 2 is 2.00 bits per heavy atom. The number of ether oxygens (including phenoxy) is 1. The van der Waals surface area contributed by atoms with E-state index < -0.39 is 18.5 Å². The van der Waals surface area contributed by atoms with E-state index in [1.165, 1.54) is 29.7 Å². The number of thiazole rings is 1. The largest absolute Gasteiger partial charge is 0.452 e. The first-order valence-electron chi connectivity index (χ1n) is 7.31. The number of hydrogen-bond donors (Lipinski definition) is 1. The van der Waals surface area contributed by atoms with Crippen LogP contribution in [0, 0.1) is 0 Å². The molecule has 3 rings (SSSR count). The minimum absolute atomic E-state index is 0.173. The normalized spacial score (nSPS) is 10.4. The van der Waals surface area contributed by atoms with Gasteiger partial charge < -0.3 is 4.74 Å². The predicted octanol–water partition coefficient (Wildman–Crippen LogP) is 4.42. The molecule has 1 N–H and O–H groups in total. The van der Waals surface area contributed by atoms with Crippen molar-refractivity contribution in [3.05, 3.63) is 63.2 Å². The Balaban J connectivity index is 1.55. The summed E-state index contributed by atoms with van der Waals surface area (Å²) in [6, 6.07) is 10.5. The van der Waals surface area contributed by atoms with Crippen molar-refractivity contribution in [3.63, 3.8) is 0 Å². The molecule has 0 fully saturated rings. The van der Waals surface area contributed by atoms with E-state index in [1.807, 2.05) is 29.6 Å². The predicted molar refractivity (Wildman–Crippen MR) is 103 cm³/mol. The number of benzene rings is 1. The highest BCUT2D eigenvalue weighted by atomic mass is 79.9. The molecule has 2 heterocycles. The molecule has 26 heavy (non-hydrogen) atoms. The van der Waals surface area contributed by atoms with E-state index in [2.05, 4.69) is 31.2 Å². The lowest BCUT2D eigenvalue weighted by Crippen LogP contribution is -2.20. The average Bonchev–Trinajstić information content (AvgIpc) is 3.08. The van der Waals surface area contributed by atoms with Gasteiger partial charge in [0.2, 0.25) is 0 Å². The smallest absolute Gasteiger partial charge is 0.338 e. The SMILES string of the molecule is O=C(COC(=O)c1ccnc(Cl)c1)Nc1nc(-c2ccc(Br)cc2)cs1. The van der Waals surface area contributed by atoms with Crippen molar-refractivity contribution in [1.29, 1.82) is 0 Å². The quantitative estimate of drug-likeness (QED) is 0.458. The van der Waals surface area contributed by atoms with Gasteiger partial charge in [0.1, 0.15) is 5.15 Å². The van der Waals surface area contributed by atoms with E-state index >= 15 is 0 Å². The highest BCUT2D eigenvalue weighted by Gasteiger charge is 2.13. The van der Waals surface area contributed by atoms with Crippen LogP contribution >= 0.6 is 38.9 Å². The molecule has 0 spiro atoms. The molecule has 6 nitrogen and oxygen atoms in total. The van der Waals surface area contributed by atoms with E-state index in [4.69, 9.17) is 16.3 Å². The van der Waals surface area contributed by atoms with Gasteiger partial charge in [-0.3, -0.25) is 10.1 Å². The molecule has 0 saturated carbocycles. The van der Waals surface area contributed by atoms with Crippen LogP contribution in [0.4, 0.5) is 5.13 Å². The number of esters is 1. The minimum atomic E-state index is -0.654. The third kappa shape index (κ3) is 4.87. The van der Waals surface area contributed by atoms with Gasteiger partial charge in [0.15, 0.2) is 11.7 Å². The summed E-state index contributed by atoms with van der Waals surface area (Å²) in [5.74, 6) is -1.13. The molecule has 0 saturated heterocycles. The molecule has 132 valence electrons. The third-order valence-electron chi connectivity index (χ3n) is 3.19. The first-order valence-corrected chi connectivity index (χ1v) is 9.36. The molecule has 0 bridgehead atoms. The van der Waals surface area contributed by atoms with Crippen LogP contribution in [-0.4, -0.2) is 28.5 Å². The molecule has 1 aromatic carbocycles. The topological polar surface area (TPSA) is 81.2 Å². The number of halogens is 2. The molecule has 1 amide bonds. The van der Waals surface area contributed by atoms with Gasteiger partial charge in [-0.2, -0.15) is 0 Å². The summed E-state index contributed by atoms with van der Waals surface area (Å²) >= 11 is 10.4. The maximum atomic E-state index is 11.9. The molecule has 0 radical (unpaired) electrons. The van der Waals surface area contributed by atoms with E-state index in [0.29, 0.717) is 5.13 Å². The van der Waals surface area contributed by atoms with Crippen molar-refractivity contribution >= 4 is 55.9 Å². The van der Waals surface area contributed by atoms with Crippen LogP contribution in [0.15, 0.2) is 52.4 Å². The molecule has 9 heteroatoms. The molecular formula is C17H11BrClN3O3S. The van der Waals surface area contributed by atoms with Crippen molar-refractivity contribution in [3.8, 4) is 11.3 Å².